The van der Waals surface area contributed by atoms with Gasteiger partial charge in [-0.15, -0.1) is 0 Å². The number of aliphatic carboxylic acids is 1. The predicted octanol–water partition coefficient (Wildman–Crippen LogP) is 0.961. The lowest BCUT2D eigenvalue weighted by molar-refractivity contribution is -0.384. The van der Waals surface area contributed by atoms with Gasteiger partial charge in [-0.1, -0.05) is 0 Å². The number of carboxylic acid groups (broad SMARTS) is 1. The van der Waals surface area contributed by atoms with Gasteiger partial charge in [-0.3, -0.25) is 19.8 Å². The van der Waals surface area contributed by atoms with Gasteiger partial charge >= 0.3 is 11.7 Å². The third kappa shape index (κ3) is 2.71. The van der Waals surface area contributed by atoms with Crippen LogP contribution < -0.4 is 5.32 Å². The van der Waals surface area contributed by atoms with Crippen LogP contribution >= 0.6 is 0 Å². The lowest BCUT2D eigenvalue weighted by Crippen LogP contribution is -2.20. The smallest absolute Gasteiger partial charge is 0.330 e. The van der Waals surface area contributed by atoms with E-state index in [2.05, 4.69) is 15.4 Å². The zero-order chi connectivity index (χ0) is 14.7. The summed E-state index contributed by atoms with van der Waals surface area (Å²) in [6, 6.07) is 0.217. The van der Waals surface area contributed by atoms with E-state index in [1.54, 1.807) is 7.05 Å². The summed E-state index contributed by atoms with van der Waals surface area (Å²) in [5, 5.41) is 26.6. The Morgan fingerprint density at radius 1 is 1.55 bits per heavy atom. The fourth-order valence-electron chi connectivity index (χ4n) is 1.69. The largest absolute Gasteiger partial charge is 0.479 e. The number of nitrogens with one attached hydrogen (secondary N) is 1. The number of pyridine rings is 1. The van der Waals surface area contributed by atoms with E-state index >= 15 is 0 Å². The normalized spacial score (nSPS) is 11.8. The van der Waals surface area contributed by atoms with Crippen LogP contribution in [-0.4, -0.2) is 30.8 Å². The van der Waals surface area contributed by atoms with Crippen molar-refractivity contribution in [1.82, 2.24) is 14.8 Å². The van der Waals surface area contributed by atoms with Gasteiger partial charge in [0.05, 0.1) is 11.1 Å². The minimum Gasteiger partial charge on any atom is -0.479 e. The van der Waals surface area contributed by atoms with E-state index in [0.29, 0.717) is 5.56 Å². The third-order valence-electron chi connectivity index (χ3n) is 2.60. The average Bonchev–Trinajstić information content (AvgIpc) is 2.82. The molecule has 0 saturated carbocycles. The van der Waals surface area contributed by atoms with E-state index in [4.69, 9.17) is 0 Å². The third-order valence-corrected chi connectivity index (χ3v) is 2.60. The van der Waals surface area contributed by atoms with Crippen molar-refractivity contribution in [2.45, 2.75) is 6.04 Å². The van der Waals surface area contributed by atoms with Crippen molar-refractivity contribution in [3.05, 3.63) is 46.5 Å². The first-order valence-corrected chi connectivity index (χ1v) is 5.55. The number of carbonyl (C=O) groups is 1. The van der Waals surface area contributed by atoms with E-state index in [9.17, 15) is 20.0 Å². The molecule has 2 N–H and O–H groups in total. The first-order valence-electron chi connectivity index (χ1n) is 5.55. The molecule has 104 valence electrons. The van der Waals surface area contributed by atoms with Crippen LogP contribution in [0.3, 0.4) is 0 Å². The Bertz CT molecular complexity index is 654. The molecule has 9 heteroatoms. The molecule has 0 fully saturated rings. The Morgan fingerprint density at radius 2 is 2.30 bits per heavy atom. The van der Waals surface area contributed by atoms with Crippen LogP contribution in [0.2, 0.25) is 0 Å². The molecule has 1 unspecified atom stereocenters. The van der Waals surface area contributed by atoms with Crippen LogP contribution in [0, 0.1) is 10.1 Å². The zero-order valence-corrected chi connectivity index (χ0v) is 10.4. The quantitative estimate of drug-likeness (QED) is 0.616. The number of aromatic nitrogens is 3. The lowest BCUT2D eigenvalue weighted by atomic mass is 10.1. The molecule has 2 heterocycles. The zero-order valence-electron chi connectivity index (χ0n) is 10.4. The molecule has 0 aromatic carbocycles. The SMILES string of the molecule is Cn1cc(C(Nc2ccncc2[N+](=O)[O-])C(=O)O)cn1. The number of hydrogen-bond acceptors (Lipinski definition) is 6. The number of nitrogens with zero attached hydrogens (tertiary/aromatic N) is 4. The monoisotopic (exact) mass is 277 g/mol. The van der Waals surface area contributed by atoms with Gasteiger partial charge in [0.25, 0.3) is 0 Å². The van der Waals surface area contributed by atoms with E-state index in [1.807, 2.05) is 0 Å². The summed E-state index contributed by atoms with van der Waals surface area (Å²) in [4.78, 5) is 25.2. The molecule has 0 radical (unpaired) electrons. The summed E-state index contributed by atoms with van der Waals surface area (Å²) in [5.74, 6) is -1.16. The Kier molecular flexibility index (Phi) is 3.60. The molecule has 2 aromatic heterocycles. The molecule has 2 rings (SSSR count). The molecule has 0 spiro atoms. The Morgan fingerprint density at radius 3 is 2.85 bits per heavy atom. The van der Waals surface area contributed by atoms with Crippen molar-refractivity contribution < 1.29 is 14.8 Å². The molecular weight excluding hydrogens is 266 g/mol. The summed E-state index contributed by atoms with van der Waals surface area (Å²) in [6.07, 6.45) is 5.32. The van der Waals surface area contributed by atoms with Gasteiger partial charge in [0.15, 0.2) is 6.04 Å². The average molecular weight is 277 g/mol. The molecule has 0 aliphatic carbocycles. The van der Waals surface area contributed by atoms with Crippen LogP contribution in [0.4, 0.5) is 11.4 Å². The molecule has 9 nitrogen and oxygen atoms in total. The Hall–Kier alpha value is -2.97. The summed E-state index contributed by atoms with van der Waals surface area (Å²) >= 11 is 0. The van der Waals surface area contributed by atoms with Crippen LogP contribution in [0.25, 0.3) is 0 Å². The second-order valence-electron chi connectivity index (χ2n) is 4.01. The van der Waals surface area contributed by atoms with E-state index in [-0.39, 0.29) is 11.4 Å². The van der Waals surface area contributed by atoms with Gasteiger partial charge in [0.1, 0.15) is 11.9 Å². The molecule has 0 amide bonds. The number of aryl methyl sites for hydroxylation is 1. The molecule has 0 saturated heterocycles. The maximum atomic E-state index is 11.3. The van der Waals surface area contributed by atoms with Crippen molar-refractivity contribution in [2.75, 3.05) is 5.32 Å². The van der Waals surface area contributed by atoms with Gasteiger partial charge in [0, 0.05) is 25.0 Å². The second-order valence-corrected chi connectivity index (χ2v) is 4.01. The maximum Gasteiger partial charge on any atom is 0.330 e. The Balaban J connectivity index is 2.34. The molecule has 0 aliphatic rings. The minimum atomic E-state index is -1.16. The highest BCUT2D eigenvalue weighted by atomic mass is 16.6. The summed E-state index contributed by atoms with van der Waals surface area (Å²) in [5.41, 5.74) is 0.190. The highest BCUT2D eigenvalue weighted by Crippen LogP contribution is 2.27. The van der Waals surface area contributed by atoms with Crippen LogP contribution in [0.15, 0.2) is 30.9 Å². The minimum absolute atomic E-state index is 0.0845. The molecule has 0 bridgehead atoms. The van der Waals surface area contributed by atoms with Crippen LogP contribution in [0.5, 0.6) is 0 Å². The van der Waals surface area contributed by atoms with E-state index in [1.165, 1.54) is 29.3 Å². The summed E-state index contributed by atoms with van der Waals surface area (Å²) < 4.78 is 1.45. The standard InChI is InChI=1S/C11H11N5O4/c1-15-6-7(4-13-15)10(11(17)18)14-8-2-3-12-5-9(8)16(19)20/h2-6,10H,1H3,(H,12,14)(H,17,18). The summed E-state index contributed by atoms with van der Waals surface area (Å²) in [7, 11) is 1.65. The first-order chi connectivity index (χ1) is 9.49. The highest BCUT2D eigenvalue weighted by molar-refractivity contribution is 5.80. The predicted molar refractivity (Wildman–Crippen MR) is 68.1 cm³/mol. The van der Waals surface area contributed by atoms with Crippen molar-refractivity contribution in [3.8, 4) is 0 Å². The van der Waals surface area contributed by atoms with Gasteiger partial charge in [-0.25, -0.2) is 4.79 Å². The lowest BCUT2D eigenvalue weighted by Gasteiger charge is -2.13. The van der Waals surface area contributed by atoms with Gasteiger partial charge in [0.2, 0.25) is 0 Å². The van der Waals surface area contributed by atoms with Crippen molar-refractivity contribution in [2.24, 2.45) is 7.05 Å². The second kappa shape index (κ2) is 5.34. The maximum absolute atomic E-state index is 11.3. The van der Waals surface area contributed by atoms with Crippen LogP contribution in [-0.2, 0) is 11.8 Å². The van der Waals surface area contributed by atoms with Gasteiger partial charge < -0.3 is 10.4 Å². The molecule has 2 aromatic rings. The van der Waals surface area contributed by atoms with E-state index in [0.717, 1.165) is 6.20 Å². The van der Waals surface area contributed by atoms with Crippen molar-refractivity contribution >= 4 is 17.3 Å². The van der Waals surface area contributed by atoms with Crippen LogP contribution in [0.1, 0.15) is 11.6 Å². The van der Waals surface area contributed by atoms with Gasteiger partial charge in [-0.05, 0) is 6.07 Å². The Labute approximate surface area is 113 Å². The molecule has 0 aliphatic heterocycles. The highest BCUT2D eigenvalue weighted by Gasteiger charge is 2.24. The van der Waals surface area contributed by atoms with Crippen molar-refractivity contribution in [3.63, 3.8) is 0 Å². The number of rotatable bonds is 5. The number of anilines is 1. The number of carboxylic acids is 1. The fraction of sp³-hybridized carbons (Fsp3) is 0.182. The first kappa shape index (κ1) is 13.5. The van der Waals surface area contributed by atoms with E-state index < -0.39 is 16.9 Å². The molecule has 20 heavy (non-hydrogen) atoms. The molecule has 1 atom stereocenters. The fourth-order valence-corrected chi connectivity index (χ4v) is 1.69. The number of nitro groups is 1. The molecular formula is C11H11N5O4. The topological polar surface area (TPSA) is 123 Å². The van der Waals surface area contributed by atoms with Gasteiger partial charge in [-0.2, -0.15) is 5.10 Å². The van der Waals surface area contributed by atoms with Crippen molar-refractivity contribution in [1.29, 1.82) is 0 Å². The summed E-state index contributed by atoms with van der Waals surface area (Å²) in [6.45, 7) is 0. The number of hydrogen-bond donors (Lipinski definition) is 2.